The van der Waals surface area contributed by atoms with Crippen molar-refractivity contribution in [1.29, 1.82) is 0 Å². The van der Waals surface area contributed by atoms with Gasteiger partial charge in [0.25, 0.3) is 0 Å². The number of para-hydroxylation sites is 1. The molecule has 3 amide bonds. The van der Waals surface area contributed by atoms with Gasteiger partial charge in [-0.3, -0.25) is 4.79 Å². The largest absolute Gasteiger partial charge is 0.494 e. The minimum absolute atomic E-state index is 0.0660. The first-order chi connectivity index (χ1) is 12.1. The highest BCUT2D eigenvalue weighted by molar-refractivity contribution is 7.22. The number of nitrogens with zero attached hydrogens (tertiary/aromatic N) is 1. The highest BCUT2D eigenvalue weighted by atomic mass is 32.1. The molecule has 0 spiro atoms. The molecule has 0 bridgehead atoms. The standard InChI is InChI=1S/C16H16N4O3S2/c1-23-10-4-2-5-12-14(10)20-16(25-12)19-13(21)8-9(18-15(17)22)11-6-3-7-24-11/h2-7,9H,8H2,1H3,(H3,17,18,22)(H,19,20,21). The van der Waals surface area contributed by atoms with Crippen LogP contribution in [0.1, 0.15) is 17.3 Å². The smallest absolute Gasteiger partial charge is 0.312 e. The van der Waals surface area contributed by atoms with Gasteiger partial charge in [0.2, 0.25) is 5.91 Å². The van der Waals surface area contributed by atoms with E-state index in [0.717, 1.165) is 9.58 Å². The van der Waals surface area contributed by atoms with E-state index in [-0.39, 0.29) is 12.3 Å². The summed E-state index contributed by atoms with van der Waals surface area (Å²) in [7, 11) is 1.58. The Balaban J connectivity index is 1.74. The summed E-state index contributed by atoms with van der Waals surface area (Å²) in [5.41, 5.74) is 5.91. The number of ether oxygens (including phenoxy) is 1. The number of thiazole rings is 1. The molecule has 1 unspecified atom stereocenters. The maximum Gasteiger partial charge on any atom is 0.312 e. The van der Waals surface area contributed by atoms with Crippen LogP contribution in [-0.4, -0.2) is 24.0 Å². The number of anilines is 1. The van der Waals surface area contributed by atoms with Gasteiger partial charge in [0.15, 0.2) is 5.13 Å². The molecule has 2 aromatic heterocycles. The molecule has 0 fully saturated rings. The number of hydrogen-bond acceptors (Lipinski definition) is 6. The highest BCUT2D eigenvalue weighted by Gasteiger charge is 2.19. The number of hydrogen-bond donors (Lipinski definition) is 3. The topological polar surface area (TPSA) is 106 Å². The summed E-state index contributed by atoms with van der Waals surface area (Å²) in [6, 6.07) is 8.16. The number of urea groups is 1. The van der Waals surface area contributed by atoms with E-state index < -0.39 is 12.1 Å². The number of benzene rings is 1. The molecule has 0 saturated heterocycles. The maximum absolute atomic E-state index is 12.4. The summed E-state index contributed by atoms with van der Waals surface area (Å²) in [5, 5.41) is 7.73. The Morgan fingerprint density at radius 2 is 2.16 bits per heavy atom. The minimum atomic E-state index is -0.670. The fourth-order valence-electron chi connectivity index (χ4n) is 2.38. The van der Waals surface area contributed by atoms with Gasteiger partial charge in [-0.2, -0.15) is 0 Å². The Labute approximate surface area is 151 Å². The first-order valence-corrected chi connectivity index (χ1v) is 9.09. The number of methoxy groups -OCH3 is 1. The van der Waals surface area contributed by atoms with Gasteiger partial charge in [0.05, 0.1) is 24.3 Å². The van der Waals surface area contributed by atoms with Crippen LogP contribution in [-0.2, 0) is 4.79 Å². The third-order valence-electron chi connectivity index (χ3n) is 3.44. The van der Waals surface area contributed by atoms with Gasteiger partial charge in [0, 0.05) is 4.88 Å². The number of thiophene rings is 1. The van der Waals surface area contributed by atoms with Crippen molar-refractivity contribution in [1.82, 2.24) is 10.3 Å². The maximum atomic E-state index is 12.4. The summed E-state index contributed by atoms with van der Waals surface area (Å²) in [4.78, 5) is 28.8. The lowest BCUT2D eigenvalue weighted by atomic mass is 10.1. The average Bonchev–Trinajstić information content (AvgIpc) is 3.22. The normalized spacial score (nSPS) is 11.9. The molecular formula is C16H16N4O3S2. The van der Waals surface area contributed by atoms with E-state index in [1.54, 1.807) is 7.11 Å². The molecule has 130 valence electrons. The molecule has 1 atom stereocenters. The van der Waals surface area contributed by atoms with Crippen molar-refractivity contribution in [2.45, 2.75) is 12.5 Å². The number of aromatic nitrogens is 1. The number of nitrogens with one attached hydrogen (secondary N) is 2. The molecule has 0 saturated carbocycles. The third kappa shape index (κ3) is 4.06. The Hall–Kier alpha value is -2.65. The zero-order valence-electron chi connectivity index (χ0n) is 13.3. The van der Waals surface area contributed by atoms with Gasteiger partial charge in [-0.25, -0.2) is 9.78 Å². The van der Waals surface area contributed by atoms with E-state index in [9.17, 15) is 9.59 Å². The fraction of sp³-hybridized carbons (Fsp3) is 0.188. The molecule has 3 rings (SSSR count). The number of carbonyl (C=O) groups excluding carboxylic acids is 2. The summed E-state index contributed by atoms with van der Waals surface area (Å²) >= 11 is 2.81. The molecular weight excluding hydrogens is 360 g/mol. The van der Waals surface area contributed by atoms with Crippen LogP contribution < -0.4 is 21.1 Å². The SMILES string of the molecule is COc1cccc2sc(NC(=O)CC(NC(N)=O)c3cccs3)nc12. The molecule has 4 N–H and O–H groups in total. The highest BCUT2D eigenvalue weighted by Crippen LogP contribution is 2.32. The first-order valence-electron chi connectivity index (χ1n) is 7.39. The van der Waals surface area contributed by atoms with Crippen LogP contribution in [0.25, 0.3) is 10.2 Å². The van der Waals surface area contributed by atoms with Gasteiger partial charge in [-0.15, -0.1) is 11.3 Å². The van der Waals surface area contributed by atoms with Crippen LogP contribution in [0, 0.1) is 0 Å². The van der Waals surface area contributed by atoms with Crippen LogP contribution in [0.3, 0.4) is 0 Å². The summed E-state index contributed by atoms with van der Waals surface area (Å²) in [6.45, 7) is 0. The Morgan fingerprint density at radius 3 is 2.84 bits per heavy atom. The molecule has 9 heteroatoms. The van der Waals surface area contributed by atoms with Crippen molar-refractivity contribution in [3.8, 4) is 5.75 Å². The summed E-state index contributed by atoms with van der Waals surface area (Å²) in [5.74, 6) is 0.395. The lowest BCUT2D eigenvalue weighted by Crippen LogP contribution is -2.34. The number of fused-ring (bicyclic) bond motifs is 1. The lowest BCUT2D eigenvalue weighted by Gasteiger charge is -2.15. The quantitative estimate of drug-likeness (QED) is 0.614. The van der Waals surface area contributed by atoms with Crippen LogP contribution in [0.4, 0.5) is 9.93 Å². The van der Waals surface area contributed by atoms with E-state index in [1.165, 1.54) is 22.7 Å². The Kier molecular flexibility index (Phi) is 5.15. The second kappa shape index (κ2) is 7.49. The predicted octanol–water partition coefficient (Wildman–Crippen LogP) is 3.10. The second-order valence-corrected chi connectivity index (χ2v) is 7.16. The Morgan fingerprint density at radius 1 is 1.32 bits per heavy atom. The zero-order chi connectivity index (χ0) is 17.8. The molecule has 2 heterocycles. The zero-order valence-corrected chi connectivity index (χ0v) is 14.9. The van der Waals surface area contributed by atoms with Crippen LogP contribution >= 0.6 is 22.7 Å². The number of nitrogens with two attached hydrogens (primary N) is 1. The molecule has 1 aromatic carbocycles. The van der Waals surface area contributed by atoms with E-state index in [2.05, 4.69) is 15.6 Å². The van der Waals surface area contributed by atoms with Crippen molar-refractivity contribution in [3.63, 3.8) is 0 Å². The minimum Gasteiger partial charge on any atom is -0.494 e. The van der Waals surface area contributed by atoms with Crippen molar-refractivity contribution >= 4 is 50.0 Å². The van der Waals surface area contributed by atoms with Gasteiger partial charge in [0.1, 0.15) is 11.3 Å². The van der Waals surface area contributed by atoms with Crippen LogP contribution in [0.2, 0.25) is 0 Å². The van der Waals surface area contributed by atoms with Crippen LogP contribution in [0.5, 0.6) is 5.75 Å². The number of carbonyl (C=O) groups is 2. The van der Waals surface area contributed by atoms with Gasteiger partial charge in [-0.05, 0) is 23.6 Å². The fourth-order valence-corrected chi connectivity index (χ4v) is 4.06. The van der Waals surface area contributed by atoms with Crippen molar-refractivity contribution in [2.75, 3.05) is 12.4 Å². The molecule has 0 aliphatic heterocycles. The van der Waals surface area contributed by atoms with E-state index in [0.29, 0.717) is 16.4 Å². The summed E-state index contributed by atoms with van der Waals surface area (Å²) in [6.07, 6.45) is 0.0660. The molecule has 0 aliphatic rings. The molecule has 25 heavy (non-hydrogen) atoms. The molecule has 0 aliphatic carbocycles. The van der Waals surface area contributed by atoms with Gasteiger partial charge >= 0.3 is 6.03 Å². The summed E-state index contributed by atoms with van der Waals surface area (Å²) < 4.78 is 6.19. The Bertz CT molecular complexity index is 892. The molecule has 7 nitrogen and oxygen atoms in total. The molecule has 3 aromatic rings. The van der Waals surface area contributed by atoms with Crippen LogP contribution in [0.15, 0.2) is 35.7 Å². The monoisotopic (exact) mass is 376 g/mol. The van der Waals surface area contributed by atoms with Gasteiger partial charge < -0.3 is 21.1 Å². The second-order valence-electron chi connectivity index (χ2n) is 5.15. The lowest BCUT2D eigenvalue weighted by molar-refractivity contribution is -0.116. The van der Waals surface area contributed by atoms with Gasteiger partial charge in [-0.1, -0.05) is 23.5 Å². The van der Waals surface area contributed by atoms with E-state index in [1.807, 2.05) is 35.7 Å². The average molecular weight is 376 g/mol. The number of rotatable bonds is 6. The van der Waals surface area contributed by atoms with E-state index in [4.69, 9.17) is 10.5 Å². The molecule has 0 radical (unpaired) electrons. The van der Waals surface area contributed by atoms with Crippen molar-refractivity contribution in [2.24, 2.45) is 5.73 Å². The predicted molar refractivity (Wildman–Crippen MR) is 99.2 cm³/mol. The number of amides is 3. The van der Waals surface area contributed by atoms with E-state index >= 15 is 0 Å². The van der Waals surface area contributed by atoms with Crippen molar-refractivity contribution < 1.29 is 14.3 Å². The third-order valence-corrected chi connectivity index (χ3v) is 5.36. The number of primary amides is 1. The first kappa shape index (κ1) is 17.2. The van der Waals surface area contributed by atoms with Crippen molar-refractivity contribution in [3.05, 3.63) is 40.6 Å².